The van der Waals surface area contributed by atoms with Crippen molar-refractivity contribution in [2.75, 3.05) is 24.7 Å². The smallest absolute Gasteiger partial charge is 0.340 e. The van der Waals surface area contributed by atoms with Crippen LogP contribution in [0.1, 0.15) is 18.1 Å². The summed E-state index contributed by atoms with van der Waals surface area (Å²) in [4.78, 5) is 42.0. The van der Waals surface area contributed by atoms with Gasteiger partial charge < -0.3 is 4.74 Å². The number of fused-ring (bicyclic) bond motifs is 1. The number of ether oxygens (including phenoxy) is 1. The molecule has 0 spiro atoms. The molecule has 1 saturated heterocycles. The van der Waals surface area contributed by atoms with Crippen LogP contribution in [0.5, 0.6) is 5.75 Å². The summed E-state index contributed by atoms with van der Waals surface area (Å²) < 4.78 is 5.52. The first-order chi connectivity index (χ1) is 13.6. The third kappa shape index (κ3) is 3.14. The van der Waals surface area contributed by atoms with Crippen molar-refractivity contribution >= 4 is 23.5 Å². The molecule has 7 nitrogen and oxygen atoms in total. The minimum Gasteiger partial charge on any atom is -0.492 e. The first-order valence-corrected chi connectivity index (χ1v) is 9.31. The Hall–Kier alpha value is -3.19. The highest BCUT2D eigenvalue weighted by Crippen LogP contribution is 2.32. The third-order valence-electron chi connectivity index (χ3n) is 5.01. The van der Waals surface area contributed by atoms with Crippen LogP contribution in [0.15, 0.2) is 48.5 Å². The molecule has 28 heavy (non-hydrogen) atoms. The van der Waals surface area contributed by atoms with E-state index in [0.29, 0.717) is 24.6 Å². The summed E-state index contributed by atoms with van der Waals surface area (Å²) in [5.41, 5.74) is 2.75. The van der Waals surface area contributed by atoms with E-state index in [4.69, 9.17) is 4.74 Å². The molecule has 0 aromatic heterocycles. The van der Waals surface area contributed by atoms with Crippen molar-refractivity contribution in [2.45, 2.75) is 19.9 Å². The Balaban J connectivity index is 1.55. The highest BCUT2D eigenvalue weighted by atomic mass is 16.5. The van der Waals surface area contributed by atoms with Crippen LogP contribution in [0.3, 0.4) is 0 Å². The molecule has 2 aromatic carbocycles. The third-order valence-corrected chi connectivity index (χ3v) is 5.01. The van der Waals surface area contributed by atoms with Gasteiger partial charge in [-0.2, -0.15) is 0 Å². The van der Waals surface area contributed by atoms with Crippen molar-refractivity contribution in [2.24, 2.45) is 0 Å². The number of imide groups is 2. The maximum atomic E-state index is 12.9. The van der Waals surface area contributed by atoms with Crippen LogP contribution in [0.25, 0.3) is 0 Å². The van der Waals surface area contributed by atoms with Gasteiger partial charge in [-0.1, -0.05) is 36.4 Å². The summed E-state index contributed by atoms with van der Waals surface area (Å²) in [5, 5.41) is 0. The van der Waals surface area contributed by atoms with E-state index in [0.717, 1.165) is 22.8 Å². The van der Waals surface area contributed by atoms with Gasteiger partial charge in [0.05, 0.1) is 19.0 Å². The molecule has 0 saturated carbocycles. The fourth-order valence-electron chi connectivity index (χ4n) is 3.64. The molecule has 0 radical (unpaired) electrons. The monoisotopic (exact) mass is 379 g/mol. The van der Waals surface area contributed by atoms with Crippen molar-refractivity contribution in [3.63, 3.8) is 0 Å². The first-order valence-electron chi connectivity index (χ1n) is 9.31. The lowest BCUT2D eigenvalue weighted by atomic mass is 10.0. The molecule has 1 fully saturated rings. The van der Waals surface area contributed by atoms with Crippen molar-refractivity contribution in [1.82, 2.24) is 9.80 Å². The molecule has 2 aliphatic rings. The van der Waals surface area contributed by atoms with Crippen LogP contribution in [-0.2, 0) is 22.6 Å². The van der Waals surface area contributed by atoms with Crippen LogP contribution in [0, 0.1) is 0 Å². The van der Waals surface area contributed by atoms with Crippen molar-refractivity contribution in [1.29, 1.82) is 0 Å². The summed E-state index contributed by atoms with van der Waals surface area (Å²) in [6.45, 7) is 3.65. The number of anilines is 1. The molecule has 0 unspecified atom stereocenters. The molecular formula is C21H21N3O4. The van der Waals surface area contributed by atoms with Gasteiger partial charge in [-0.05, 0) is 36.6 Å². The van der Waals surface area contributed by atoms with Crippen molar-refractivity contribution in [3.8, 4) is 5.75 Å². The van der Waals surface area contributed by atoms with Gasteiger partial charge in [-0.25, -0.2) is 14.6 Å². The summed E-state index contributed by atoms with van der Waals surface area (Å²) in [6.07, 6.45) is 0.844. The Morgan fingerprint density at radius 1 is 0.929 bits per heavy atom. The Labute approximate surface area is 163 Å². The van der Waals surface area contributed by atoms with Crippen LogP contribution in [0.2, 0.25) is 0 Å². The number of nitrogens with zero attached hydrogens (tertiary/aromatic N) is 3. The Morgan fingerprint density at radius 2 is 1.64 bits per heavy atom. The molecule has 0 bridgehead atoms. The summed E-state index contributed by atoms with van der Waals surface area (Å²) in [5.74, 6) is -1.27. The number of hydrogen-bond acceptors (Lipinski definition) is 5. The maximum Gasteiger partial charge on any atom is 0.340 e. The summed E-state index contributed by atoms with van der Waals surface area (Å²) in [7, 11) is 0. The molecule has 0 atom stereocenters. The number of carbonyl (C=O) groups is 3. The number of amides is 4. The lowest BCUT2D eigenvalue weighted by molar-refractivity contribution is -0.140. The average molecular weight is 379 g/mol. The van der Waals surface area contributed by atoms with Gasteiger partial charge in [0.1, 0.15) is 5.75 Å². The number of urea groups is 1. The van der Waals surface area contributed by atoms with Gasteiger partial charge in [-0.3, -0.25) is 14.5 Å². The van der Waals surface area contributed by atoms with Crippen LogP contribution < -0.4 is 9.64 Å². The predicted molar refractivity (Wildman–Crippen MR) is 103 cm³/mol. The average Bonchev–Trinajstić information content (AvgIpc) is 2.92. The van der Waals surface area contributed by atoms with Gasteiger partial charge >= 0.3 is 17.8 Å². The van der Waals surface area contributed by atoms with E-state index in [-0.39, 0.29) is 6.67 Å². The first kappa shape index (κ1) is 18.2. The van der Waals surface area contributed by atoms with Gasteiger partial charge in [0.2, 0.25) is 0 Å². The predicted octanol–water partition coefficient (Wildman–Crippen LogP) is 2.40. The lowest BCUT2D eigenvalue weighted by Gasteiger charge is -2.30. The second kappa shape index (κ2) is 7.44. The molecule has 4 rings (SSSR count). The molecule has 0 aliphatic carbocycles. The normalized spacial score (nSPS) is 17.2. The second-order valence-electron chi connectivity index (χ2n) is 6.77. The minimum absolute atomic E-state index is 0.0883. The molecule has 4 amide bonds. The molecule has 2 heterocycles. The summed E-state index contributed by atoms with van der Waals surface area (Å²) >= 11 is 0. The van der Waals surface area contributed by atoms with E-state index in [1.54, 1.807) is 24.3 Å². The number of para-hydroxylation sites is 2. The fourth-order valence-corrected chi connectivity index (χ4v) is 3.64. The standard InChI is InChI=1S/C21H21N3O4/c1-2-28-18-10-6-5-9-17(18)24-20(26)19(25)23(21(24)27)14-22-12-11-15-7-3-4-8-16(15)13-22/h3-10H,2,11-14H2,1H3. The van der Waals surface area contributed by atoms with Crippen LogP contribution in [-0.4, -0.2) is 47.5 Å². The quantitative estimate of drug-likeness (QED) is 0.589. The number of benzene rings is 2. The molecule has 2 aromatic rings. The van der Waals surface area contributed by atoms with Gasteiger partial charge in [0, 0.05) is 13.1 Å². The van der Waals surface area contributed by atoms with E-state index in [1.165, 1.54) is 11.1 Å². The zero-order valence-corrected chi connectivity index (χ0v) is 15.6. The Kier molecular flexibility index (Phi) is 4.83. The van der Waals surface area contributed by atoms with E-state index < -0.39 is 17.8 Å². The minimum atomic E-state index is -0.852. The molecule has 0 N–H and O–H groups in total. The van der Waals surface area contributed by atoms with E-state index in [1.807, 2.05) is 30.0 Å². The van der Waals surface area contributed by atoms with Crippen LogP contribution >= 0.6 is 0 Å². The zero-order valence-electron chi connectivity index (χ0n) is 15.6. The van der Waals surface area contributed by atoms with Gasteiger partial charge in [-0.15, -0.1) is 0 Å². The highest BCUT2D eigenvalue weighted by molar-refractivity contribution is 6.53. The SMILES string of the molecule is CCOc1ccccc1N1C(=O)C(=O)N(CN2CCc3ccccc3C2)C1=O. The maximum absolute atomic E-state index is 12.9. The number of hydrogen-bond donors (Lipinski definition) is 0. The molecule has 144 valence electrons. The van der Waals surface area contributed by atoms with E-state index in [2.05, 4.69) is 6.07 Å². The van der Waals surface area contributed by atoms with Gasteiger partial charge in [0.15, 0.2) is 0 Å². The molecule has 7 heteroatoms. The van der Waals surface area contributed by atoms with Crippen molar-refractivity contribution in [3.05, 3.63) is 59.7 Å². The van der Waals surface area contributed by atoms with Crippen molar-refractivity contribution < 1.29 is 19.1 Å². The van der Waals surface area contributed by atoms with Crippen LogP contribution in [0.4, 0.5) is 10.5 Å². The molecule has 2 aliphatic heterocycles. The lowest BCUT2D eigenvalue weighted by Crippen LogP contribution is -2.44. The zero-order chi connectivity index (χ0) is 19.7. The Morgan fingerprint density at radius 3 is 2.43 bits per heavy atom. The fraction of sp³-hybridized carbons (Fsp3) is 0.286. The topological polar surface area (TPSA) is 70.2 Å². The summed E-state index contributed by atoms with van der Waals surface area (Å²) in [6, 6.07) is 14.2. The Bertz CT molecular complexity index is 943. The largest absolute Gasteiger partial charge is 0.492 e. The highest BCUT2D eigenvalue weighted by Gasteiger charge is 2.47. The number of carbonyl (C=O) groups excluding carboxylic acids is 3. The molecular weight excluding hydrogens is 358 g/mol. The van der Waals surface area contributed by atoms with E-state index >= 15 is 0 Å². The second-order valence-corrected chi connectivity index (χ2v) is 6.77. The number of rotatable bonds is 5. The van der Waals surface area contributed by atoms with E-state index in [9.17, 15) is 14.4 Å². The van der Waals surface area contributed by atoms with Gasteiger partial charge in [0.25, 0.3) is 0 Å².